The Hall–Kier alpha value is -0.660. The Morgan fingerprint density at radius 2 is 1.00 bits per heavy atom. The first kappa shape index (κ1) is 33.5. The molecule has 0 saturated heterocycles. The smallest absolute Gasteiger partial charge is 1.00 e. The Labute approximate surface area is 230 Å². The Morgan fingerprint density at radius 3 is 1.31 bits per heavy atom. The summed E-state index contributed by atoms with van der Waals surface area (Å²) in [5, 5.41) is 5.53. The number of unbranched alkanes of at least 4 members (excludes halogenated alkanes) is 2. The molecule has 0 unspecified atom stereocenters. The van der Waals surface area contributed by atoms with Gasteiger partial charge in [-0.1, -0.05) is 64.8 Å². The first-order valence-corrected chi connectivity index (χ1v) is 13.1. The van der Waals surface area contributed by atoms with Gasteiger partial charge in [0.25, 0.3) is 0 Å². The van der Waals surface area contributed by atoms with E-state index in [1.54, 1.807) is 0 Å². The molecule has 4 aromatic carbocycles. The van der Waals surface area contributed by atoms with Gasteiger partial charge in [0, 0.05) is 9.52 Å². The first-order chi connectivity index (χ1) is 14.2. The molecule has 0 heterocycles. The molecule has 2 radical (unpaired) electrons. The zero-order chi connectivity index (χ0) is 20.9. The summed E-state index contributed by atoms with van der Waals surface area (Å²) in [6.07, 6.45) is 7.62. The van der Waals surface area contributed by atoms with Crippen molar-refractivity contribution in [1.82, 2.24) is 0 Å². The molecule has 170 valence electrons. The van der Waals surface area contributed by atoms with Gasteiger partial charge >= 0.3 is 26.2 Å². The van der Waals surface area contributed by atoms with Crippen molar-refractivity contribution in [3.05, 3.63) is 83.9 Å². The van der Waals surface area contributed by atoms with Crippen LogP contribution in [0.15, 0.2) is 72.8 Å². The van der Waals surface area contributed by atoms with E-state index in [1.807, 2.05) is 0 Å². The van der Waals surface area contributed by atoms with Crippen LogP contribution in [0.4, 0.5) is 0 Å². The van der Waals surface area contributed by atoms with Crippen molar-refractivity contribution < 1.29 is 51.0 Å². The summed E-state index contributed by atoms with van der Waals surface area (Å²) >= 11 is 0. The number of halogens is 2. The molecule has 32 heavy (non-hydrogen) atoms. The first-order valence-electron chi connectivity index (χ1n) is 11.1. The summed E-state index contributed by atoms with van der Waals surface area (Å²) in [6, 6.07) is 26.4. The minimum absolute atomic E-state index is 0. The van der Waals surface area contributed by atoms with Gasteiger partial charge in [0.1, 0.15) is 0 Å². The maximum absolute atomic E-state index is 2.31. The summed E-state index contributed by atoms with van der Waals surface area (Å²) in [7, 11) is 1.08. The van der Waals surface area contributed by atoms with Crippen LogP contribution in [0.5, 0.6) is 0 Å². The monoisotopic (exact) mass is 560 g/mol. The van der Waals surface area contributed by atoms with Crippen molar-refractivity contribution in [1.29, 1.82) is 0 Å². The SMILES string of the molecule is CCCCc1cc2ccccc2[cH-]1.CCCCc1cc2ccccc2[cH-]1.C[Si]C.[Cl-].[Cl-].[Zr+4]. The molecule has 0 fully saturated rings. The average molecular weight is 563 g/mol. The fourth-order valence-electron chi connectivity index (χ4n) is 3.48. The maximum Gasteiger partial charge on any atom is 4.00 e. The van der Waals surface area contributed by atoms with Crippen LogP contribution in [-0.4, -0.2) is 9.52 Å². The normalized spacial score (nSPS) is 9.38. The quantitative estimate of drug-likeness (QED) is 0.251. The zero-order valence-corrected chi connectivity index (χ0v) is 24.9. The number of aryl methyl sites for hydroxylation is 2. The van der Waals surface area contributed by atoms with Crippen molar-refractivity contribution in [2.75, 3.05) is 0 Å². The van der Waals surface area contributed by atoms with Gasteiger partial charge in [0.2, 0.25) is 0 Å². The minimum atomic E-state index is 0. The van der Waals surface area contributed by atoms with Crippen LogP contribution in [0.25, 0.3) is 21.5 Å². The van der Waals surface area contributed by atoms with Gasteiger partial charge in [-0.25, -0.2) is 0 Å². The summed E-state index contributed by atoms with van der Waals surface area (Å²) in [4.78, 5) is 0. The molecule has 4 aromatic rings. The number of benzene rings is 2. The Bertz CT molecular complexity index is 814. The van der Waals surface area contributed by atoms with Crippen molar-refractivity contribution in [3.8, 4) is 0 Å². The van der Waals surface area contributed by atoms with Gasteiger partial charge in [0.15, 0.2) is 0 Å². The van der Waals surface area contributed by atoms with E-state index in [0.717, 1.165) is 9.52 Å². The number of hydrogen-bond donors (Lipinski definition) is 0. The predicted molar refractivity (Wildman–Crippen MR) is 134 cm³/mol. The fourth-order valence-corrected chi connectivity index (χ4v) is 3.48. The van der Waals surface area contributed by atoms with E-state index >= 15 is 0 Å². The molecule has 4 rings (SSSR count). The molecule has 0 nitrogen and oxygen atoms in total. The maximum atomic E-state index is 2.31. The number of rotatable bonds is 6. The summed E-state index contributed by atoms with van der Waals surface area (Å²) in [5.74, 6) is 0. The number of fused-ring (bicyclic) bond motifs is 2. The van der Waals surface area contributed by atoms with E-state index in [-0.39, 0.29) is 51.0 Å². The molecule has 0 atom stereocenters. The molecule has 0 spiro atoms. The Balaban J connectivity index is 0. The summed E-state index contributed by atoms with van der Waals surface area (Å²) < 4.78 is 0. The molecule has 0 aliphatic rings. The molecule has 0 aliphatic carbocycles. The molecule has 0 aliphatic heterocycles. The van der Waals surface area contributed by atoms with Crippen LogP contribution < -0.4 is 24.8 Å². The molecule has 0 bridgehead atoms. The summed E-state index contributed by atoms with van der Waals surface area (Å²) in [6.45, 7) is 8.78. The van der Waals surface area contributed by atoms with Gasteiger partial charge < -0.3 is 24.8 Å². The third-order valence-corrected chi connectivity index (χ3v) is 4.99. The van der Waals surface area contributed by atoms with Crippen LogP contribution >= 0.6 is 0 Å². The standard InChI is InChI=1S/2C13H15.C2H6Si.2ClH.Zr/c2*1-2-3-6-11-9-12-7-4-5-8-13(12)10-11;1-3-2;;;/h2*4-5,7-10H,2-3,6H2,1H3;1-2H3;2*1H;/q2*-1;;;;+4/p-2. The number of hydrogen-bond acceptors (Lipinski definition) is 0. The topological polar surface area (TPSA) is 0 Å². The molecule has 0 aromatic heterocycles. The fraction of sp³-hybridized carbons (Fsp3) is 0.357. The van der Waals surface area contributed by atoms with E-state index in [9.17, 15) is 0 Å². The third-order valence-electron chi connectivity index (χ3n) is 4.99. The van der Waals surface area contributed by atoms with Gasteiger partial charge in [-0.3, -0.25) is 0 Å². The van der Waals surface area contributed by atoms with E-state index < -0.39 is 0 Å². The Morgan fingerprint density at radius 1 is 0.656 bits per heavy atom. The van der Waals surface area contributed by atoms with E-state index in [2.05, 4.69) is 99.7 Å². The van der Waals surface area contributed by atoms with E-state index in [4.69, 9.17) is 0 Å². The van der Waals surface area contributed by atoms with Crippen LogP contribution in [0.2, 0.25) is 13.1 Å². The van der Waals surface area contributed by atoms with Crippen molar-refractivity contribution >= 4 is 31.1 Å². The molecular weight excluding hydrogens is 527 g/mol. The van der Waals surface area contributed by atoms with E-state index in [0.29, 0.717) is 0 Å². The summed E-state index contributed by atoms with van der Waals surface area (Å²) in [5.41, 5.74) is 2.98. The van der Waals surface area contributed by atoms with Gasteiger partial charge in [-0.05, 0) is 12.8 Å². The average Bonchev–Trinajstić information content (AvgIpc) is 3.35. The van der Waals surface area contributed by atoms with Crippen molar-refractivity contribution in [2.45, 2.75) is 65.5 Å². The van der Waals surface area contributed by atoms with Gasteiger partial charge in [-0.2, -0.15) is 12.1 Å². The third kappa shape index (κ3) is 11.5. The molecule has 0 amide bonds. The van der Waals surface area contributed by atoms with Crippen molar-refractivity contribution in [2.24, 2.45) is 0 Å². The van der Waals surface area contributed by atoms with Gasteiger partial charge in [-0.15, -0.1) is 81.2 Å². The largest absolute Gasteiger partial charge is 4.00 e. The van der Waals surface area contributed by atoms with E-state index in [1.165, 1.54) is 71.2 Å². The molecule has 0 saturated carbocycles. The van der Waals surface area contributed by atoms with Crippen LogP contribution in [0.3, 0.4) is 0 Å². The second-order valence-electron chi connectivity index (χ2n) is 7.69. The van der Waals surface area contributed by atoms with Crippen LogP contribution in [0.1, 0.15) is 50.7 Å². The molecule has 0 N–H and O–H groups in total. The predicted octanol–water partition coefficient (Wildman–Crippen LogP) is 2.59. The zero-order valence-electron chi connectivity index (χ0n) is 19.9. The van der Waals surface area contributed by atoms with Crippen LogP contribution in [-0.2, 0) is 39.0 Å². The van der Waals surface area contributed by atoms with Gasteiger partial charge in [0.05, 0.1) is 0 Å². The van der Waals surface area contributed by atoms with Crippen molar-refractivity contribution in [3.63, 3.8) is 0 Å². The molecule has 4 heteroatoms. The Kier molecular flexibility index (Phi) is 20.7. The van der Waals surface area contributed by atoms with Crippen LogP contribution in [0, 0.1) is 0 Å². The second kappa shape index (κ2) is 19.8. The second-order valence-corrected chi connectivity index (χ2v) is 8.69. The molecular formula is C28H36Cl2SiZr. The minimum Gasteiger partial charge on any atom is -1.00 e.